The number of carbonyl (C=O) groups excluding carboxylic acids is 1. The minimum atomic E-state index is -3.72. The lowest BCUT2D eigenvalue weighted by Crippen LogP contribution is -2.41. The van der Waals surface area contributed by atoms with Crippen LogP contribution in [0.5, 0.6) is 0 Å². The Hall–Kier alpha value is -2.19. The van der Waals surface area contributed by atoms with Gasteiger partial charge in [0.2, 0.25) is 11.8 Å². The lowest BCUT2D eigenvalue weighted by atomic mass is 10.1. The van der Waals surface area contributed by atoms with Gasteiger partial charge in [-0.15, -0.1) is 0 Å². The number of nitrogens with zero attached hydrogens (tertiary/aromatic N) is 1. The summed E-state index contributed by atoms with van der Waals surface area (Å²) in [7, 11) is -3.72. The second-order valence-electron chi connectivity index (χ2n) is 7.29. The second kappa shape index (κ2) is 8.45. The zero-order valence-electron chi connectivity index (χ0n) is 16.4. The topological polar surface area (TPSA) is 98.5 Å². The van der Waals surface area contributed by atoms with E-state index in [0.29, 0.717) is 19.0 Å². The van der Waals surface area contributed by atoms with Crippen molar-refractivity contribution in [2.75, 3.05) is 13.2 Å². The molecule has 0 radical (unpaired) electrons. The molecule has 1 aromatic carbocycles. The molecule has 1 aliphatic rings. The molecule has 1 amide bonds. The van der Waals surface area contributed by atoms with E-state index in [1.165, 1.54) is 13.2 Å². The summed E-state index contributed by atoms with van der Waals surface area (Å²) < 4.78 is 36.2. The third-order valence-corrected chi connectivity index (χ3v) is 6.94. The van der Waals surface area contributed by atoms with Gasteiger partial charge >= 0.3 is 0 Å². The van der Waals surface area contributed by atoms with Crippen LogP contribution in [0.2, 0.25) is 0 Å². The fraction of sp³-hybridized carbons (Fsp3) is 0.500. The van der Waals surface area contributed by atoms with Crippen LogP contribution in [0.25, 0.3) is 11.5 Å². The summed E-state index contributed by atoms with van der Waals surface area (Å²) in [5, 5.41) is 1.50. The van der Waals surface area contributed by atoms with Crippen LogP contribution in [0.1, 0.15) is 36.6 Å². The molecule has 152 valence electrons. The number of aryl methyl sites for hydroxylation is 2. The quantitative estimate of drug-likeness (QED) is 0.759. The zero-order valence-corrected chi connectivity index (χ0v) is 17.2. The summed E-state index contributed by atoms with van der Waals surface area (Å²) in [5.74, 6) is -0.498. The first-order valence-electron chi connectivity index (χ1n) is 9.39. The van der Waals surface area contributed by atoms with Gasteiger partial charge in [0.15, 0.2) is 9.84 Å². The lowest BCUT2D eigenvalue weighted by molar-refractivity contribution is -0.120. The van der Waals surface area contributed by atoms with Gasteiger partial charge in [-0.05, 0) is 45.2 Å². The van der Waals surface area contributed by atoms with E-state index in [1.807, 2.05) is 32.0 Å². The predicted octanol–water partition coefficient (Wildman–Crippen LogP) is 2.56. The molecule has 1 aliphatic heterocycles. The van der Waals surface area contributed by atoms with Crippen LogP contribution in [-0.2, 0) is 25.1 Å². The van der Waals surface area contributed by atoms with Gasteiger partial charge in [0.05, 0.1) is 17.6 Å². The molecule has 1 fully saturated rings. The fourth-order valence-corrected chi connectivity index (χ4v) is 4.41. The highest BCUT2D eigenvalue weighted by Crippen LogP contribution is 2.24. The molecular weight excluding hydrogens is 380 g/mol. The highest BCUT2D eigenvalue weighted by atomic mass is 32.2. The number of ether oxygens (including phenoxy) is 1. The van der Waals surface area contributed by atoms with Gasteiger partial charge < -0.3 is 14.5 Å². The van der Waals surface area contributed by atoms with Crippen molar-refractivity contribution in [3.63, 3.8) is 0 Å². The average Bonchev–Trinajstić information content (AvgIpc) is 3.30. The molecule has 0 bridgehead atoms. The van der Waals surface area contributed by atoms with E-state index >= 15 is 0 Å². The maximum Gasteiger partial charge on any atom is 0.238 e. The van der Waals surface area contributed by atoms with E-state index in [1.54, 1.807) is 0 Å². The molecule has 0 unspecified atom stereocenters. The summed E-state index contributed by atoms with van der Waals surface area (Å²) in [6.07, 6.45) is 3.14. The van der Waals surface area contributed by atoms with E-state index in [4.69, 9.17) is 9.15 Å². The molecule has 8 heteroatoms. The Labute approximate surface area is 165 Å². The molecular formula is C20H26N2O5S. The Morgan fingerprint density at radius 3 is 2.82 bits per heavy atom. The summed E-state index contributed by atoms with van der Waals surface area (Å²) in [5.41, 5.74) is 3.22. The molecule has 2 atom stereocenters. The zero-order chi connectivity index (χ0) is 20.3. The molecule has 1 saturated heterocycles. The van der Waals surface area contributed by atoms with E-state index in [-0.39, 0.29) is 17.6 Å². The number of rotatable bonds is 7. The molecule has 1 aromatic heterocycles. The van der Waals surface area contributed by atoms with Crippen molar-refractivity contribution in [1.29, 1.82) is 0 Å². The molecule has 3 rings (SSSR count). The average molecular weight is 407 g/mol. The normalized spacial score (nSPS) is 18.2. The minimum Gasteiger partial charge on any atom is -0.444 e. The molecule has 28 heavy (non-hydrogen) atoms. The van der Waals surface area contributed by atoms with Gasteiger partial charge in [0.1, 0.15) is 11.5 Å². The highest BCUT2D eigenvalue weighted by Gasteiger charge is 2.30. The smallest absolute Gasteiger partial charge is 0.238 e. The van der Waals surface area contributed by atoms with E-state index in [0.717, 1.165) is 29.5 Å². The van der Waals surface area contributed by atoms with Crippen LogP contribution in [0.3, 0.4) is 0 Å². The van der Waals surface area contributed by atoms with Crippen LogP contribution in [0, 0.1) is 13.8 Å². The van der Waals surface area contributed by atoms with E-state index in [2.05, 4.69) is 10.3 Å². The highest BCUT2D eigenvalue weighted by molar-refractivity contribution is 7.92. The van der Waals surface area contributed by atoms with Crippen molar-refractivity contribution < 1.29 is 22.4 Å². The first kappa shape index (κ1) is 20.5. The maximum absolute atomic E-state index is 12.6. The number of sulfone groups is 1. The Morgan fingerprint density at radius 1 is 1.36 bits per heavy atom. The minimum absolute atomic E-state index is 0.0327. The van der Waals surface area contributed by atoms with Crippen molar-refractivity contribution in [2.45, 2.75) is 50.7 Å². The number of nitrogens with one attached hydrogen (secondary N) is 1. The van der Waals surface area contributed by atoms with Gasteiger partial charge in [-0.3, -0.25) is 4.79 Å². The molecule has 7 nitrogen and oxygen atoms in total. The molecule has 0 aliphatic carbocycles. The third kappa shape index (κ3) is 4.80. The Morgan fingerprint density at radius 2 is 2.14 bits per heavy atom. The lowest BCUT2D eigenvalue weighted by Gasteiger charge is -2.15. The van der Waals surface area contributed by atoms with Crippen LogP contribution in [0.4, 0.5) is 0 Å². The van der Waals surface area contributed by atoms with Crippen molar-refractivity contribution in [2.24, 2.45) is 0 Å². The Balaban J connectivity index is 1.64. The van der Waals surface area contributed by atoms with Gasteiger partial charge in [-0.1, -0.05) is 17.7 Å². The van der Waals surface area contributed by atoms with Gasteiger partial charge in [-0.25, -0.2) is 13.4 Å². The number of aromatic nitrogens is 1. The van der Waals surface area contributed by atoms with Gasteiger partial charge in [0.25, 0.3) is 0 Å². The maximum atomic E-state index is 12.6. The number of benzene rings is 1. The van der Waals surface area contributed by atoms with Crippen LogP contribution in [-0.4, -0.2) is 43.8 Å². The second-order valence-corrected chi connectivity index (χ2v) is 9.61. The molecule has 1 N–H and O–H groups in total. The SMILES string of the molecule is Cc1ccc(-c2nc(CS(=O)(=O)[C@@H](C)C(=O)NC[C@H]3CCCO3)co2)c(C)c1. The molecule has 0 saturated carbocycles. The molecule has 2 heterocycles. The van der Waals surface area contributed by atoms with Gasteiger partial charge in [0, 0.05) is 18.7 Å². The summed E-state index contributed by atoms with van der Waals surface area (Å²) >= 11 is 0. The van der Waals surface area contributed by atoms with Crippen molar-refractivity contribution in [3.8, 4) is 11.5 Å². The largest absolute Gasteiger partial charge is 0.444 e. The van der Waals surface area contributed by atoms with E-state index in [9.17, 15) is 13.2 Å². The number of oxazole rings is 1. The number of hydrogen-bond donors (Lipinski definition) is 1. The van der Waals surface area contributed by atoms with Crippen LogP contribution >= 0.6 is 0 Å². The number of hydrogen-bond acceptors (Lipinski definition) is 6. The number of amides is 1. The first-order chi connectivity index (χ1) is 13.3. The van der Waals surface area contributed by atoms with Crippen LogP contribution < -0.4 is 5.32 Å². The fourth-order valence-electron chi connectivity index (χ4n) is 3.21. The van der Waals surface area contributed by atoms with Crippen molar-refractivity contribution in [3.05, 3.63) is 41.3 Å². The summed E-state index contributed by atoms with van der Waals surface area (Å²) in [6, 6.07) is 5.86. The monoisotopic (exact) mass is 406 g/mol. The number of carbonyl (C=O) groups is 1. The van der Waals surface area contributed by atoms with Crippen LogP contribution in [0.15, 0.2) is 28.9 Å². The third-order valence-electron chi connectivity index (χ3n) is 4.95. The van der Waals surface area contributed by atoms with E-state index < -0.39 is 21.0 Å². The predicted molar refractivity (Wildman–Crippen MR) is 105 cm³/mol. The summed E-state index contributed by atoms with van der Waals surface area (Å²) in [6.45, 7) is 6.35. The first-order valence-corrected chi connectivity index (χ1v) is 11.1. The standard InChI is InChI=1S/C20H26N2O5S/c1-13-6-7-18(14(2)9-13)20-22-16(11-27-20)12-28(24,25)15(3)19(23)21-10-17-5-4-8-26-17/h6-7,9,11,15,17H,4-5,8,10,12H2,1-3H3,(H,21,23)/t15-,17+/m0/s1. The Kier molecular flexibility index (Phi) is 6.20. The molecule has 0 spiro atoms. The molecule has 2 aromatic rings. The summed E-state index contributed by atoms with van der Waals surface area (Å²) in [4.78, 5) is 16.6. The van der Waals surface area contributed by atoms with Crippen molar-refractivity contribution in [1.82, 2.24) is 10.3 Å². The van der Waals surface area contributed by atoms with Crippen molar-refractivity contribution >= 4 is 15.7 Å². The Bertz CT molecular complexity index is 945. The van der Waals surface area contributed by atoms with Gasteiger partial charge in [-0.2, -0.15) is 0 Å².